The molecule has 0 unspecified atom stereocenters. The van der Waals surface area contributed by atoms with Crippen molar-refractivity contribution in [2.45, 2.75) is 20.1 Å². The molecule has 6 heteroatoms. The molecule has 3 aromatic carbocycles. The first-order chi connectivity index (χ1) is 14.6. The highest BCUT2D eigenvalue weighted by Crippen LogP contribution is 2.37. The van der Waals surface area contributed by atoms with Crippen LogP contribution in [0.15, 0.2) is 66.7 Å². The lowest BCUT2D eigenvalue weighted by Gasteiger charge is -2.15. The van der Waals surface area contributed by atoms with E-state index in [1.807, 2.05) is 54.6 Å². The predicted molar refractivity (Wildman–Crippen MR) is 119 cm³/mol. The molecule has 0 heterocycles. The van der Waals surface area contributed by atoms with Crippen LogP contribution in [0.4, 0.5) is 5.69 Å². The van der Waals surface area contributed by atoms with Gasteiger partial charge >= 0.3 is 5.97 Å². The van der Waals surface area contributed by atoms with E-state index in [0.29, 0.717) is 41.8 Å². The van der Waals surface area contributed by atoms with Crippen LogP contribution < -0.4 is 14.8 Å². The Bertz CT molecular complexity index is 975. The topological polar surface area (TPSA) is 56.8 Å². The van der Waals surface area contributed by atoms with Gasteiger partial charge in [-0.1, -0.05) is 41.9 Å². The molecule has 30 heavy (non-hydrogen) atoms. The number of carbonyl (C=O) groups is 1. The van der Waals surface area contributed by atoms with Crippen molar-refractivity contribution >= 4 is 23.3 Å². The van der Waals surface area contributed by atoms with Crippen molar-refractivity contribution in [1.29, 1.82) is 0 Å². The minimum absolute atomic E-state index is 0.327. The molecule has 0 amide bonds. The first-order valence-corrected chi connectivity index (χ1v) is 10.0. The maximum atomic E-state index is 11.7. The minimum atomic E-state index is -0.327. The summed E-state index contributed by atoms with van der Waals surface area (Å²) in [5.41, 5.74) is 3.39. The zero-order chi connectivity index (χ0) is 21.3. The molecule has 0 aliphatic carbocycles. The number of hydrogen-bond donors (Lipinski definition) is 1. The van der Waals surface area contributed by atoms with Gasteiger partial charge in [-0.25, -0.2) is 4.79 Å². The second kappa shape index (κ2) is 10.6. The van der Waals surface area contributed by atoms with E-state index in [0.717, 1.165) is 16.8 Å². The zero-order valence-corrected chi connectivity index (χ0v) is 17.7. The molecular weight excluding hydrogens is 402 g/mol. The van der Waals surface area contributed by atoms with Crippen LogP contribution in [0.5, 0.6) is 11.5 Å². The van der Waals surface area contributed by atoms with Crippen molar-refractivity contribution in [2.24, 2.45) is 0 Å². The van der Waals surface area contributed by atoms with Crippen LogP contribution in [-0.2, 0) is 17.9 Å². The predicted octanol–water partition coefficient (Wildman–Crippen LogP) is 5.72. The lowest BCUT2D eigenvalue weighted by atomic mass is 10.1. The van der Waals surface area contributed by atoms with E-state index in [1.54, 1.807) is 26.2 Å². The molecular formula is C24H24ClNO4. The van der Waals surface area contributed by atoms with Crippen molar-refractivity contribution in [3.8, 4) is 11.5 Å². The monoisotopic (exact) mass is 425 g/mol. The van der Waals surface area contributed by atoms with Crippen molar-refractivity contribution in [3.63, 3.8) is 0 Å². The van der Waals surface area contributed by atoms with Crippen molar-refractivity contribution in [2.75, 3.05) is 19.0 Å². The molecule has 156 valence electrons. The van der Waals surface area contributed by atoms with Crippen LogP contribution in [0.3, 0.4) is 0 Å². The Morgan fingerprint density at radius 1 is 1.00 bits per heavy atom. The van der Waals surface area contributed by atoms with Gasteiger partial charge in [0.15, 0.2) is 11.5 Å². The number of ether oxygens (including phenoxy) is 3. The second-order valence-electron chi connectivity index (χ2n) is 6.53. The average Bonchev–Trinajstić information content (AvgIpc) is 2.77. The summed E-state index contributed by atoms with van der Waals surface area (Å²) in [5.74, 6) is 0.769. The molecule has 1 N–H and O–H groups in total. The fourth-order valence-corrected chi connectivity index (χ4v) is 3.18. The third-order valence-electron chi connectivity index (χ3n) is 4.41. The highest BCUT2D eigenvalue weighted by molar-refractivity contribution is 6.32. The Kier molecular flexibility index (Phi) is 7.57. The van der Waals surface area contributed by atoms with Gasteiger partial charge in [-0.3, -0.25) is 0 Å². The lowest BCUT2D eigenvalue weighted by molar-refractivity contribution is 0.0526. The quantitative estimate of drug-likeness (QED) is 0.444. The van der Waals surface area contributed by atoms with E-state index in [1.165, 1.54) is 0 Å². The number of benzene rings is 3. The maximum absolute atomic E-state index is 11.7. The van der Waals surface area contributed by atoms with Crippen molar-refractivity contribution in [1.82, 2.24) is 0 Å². The number of nitrogens with one attached hydrogen (secondary N) is 1. The zero-order valence-electron chi connectivity index (χ0n) is 17.0. The summed E-state index contributed by atoms with van der Waals surface area (Å²) in [5, 5.41) is 3.79. The second-order valence-corrected chi connectivity index (χ2v) is 6.94. The number of anilines is 1. The van der Waals surface area contributed by atoms with Gasteiger partial charge < -0.3 is 19.5 Å². The van der Waals surface area contributed by atoms with E-state index < -0.39 is 0 Å². The van der Waals surface area contributed by atoms with Gasteiger partial charge in [-0.15, -0.1) is 0 Å². The minimum Gasteiger partial charge on any atom is -0.493 e. The molecule has 0 saturated carbocycles. The molecule has 3 aromatic rings. The van der Waals surface area contributed by atoms with Crippen LogP contribution in [0.2, 0.25) is 5.02 Å². The molecule has 0 spiro atoms. The van der Waals surface area contributed by atoms with Gasteiger partial charge in [0.05, 0.1) is 24.3 Å². The Morgan fingerprint density at radius 2 is 1.73 bits per heavy atom. The van der Waals surface area contributed by atoms with Crippen molar-refractivity contribution < 1.29 is 19.0 Å². The Balaban J connectivity index is 1.65. The van der Waals surface area contributed by atoms with E-state index in [4.69, 9.17) is 25.8 Å². The fourth-order valence-electron chi connectivity index (χ4n) is 2.89. The number of esters is 1. The largest absolute Gasteiger partial charge is 0.493 e. The van der Waals surface area contributed by atoms with Crippen LogP contribution in [0.1, 0.15) is 28.4 Å². The van der Waals surface area contributed by atoms with Gasteiger partial charge in [0, 0.05) is 12.2 Å². The summed E-state index contributed by atoms with van der Waals surface area (Å²) in [7, 11) is 1.59. The molecule has 0 atom stereocenters. The highest BCUT2D eigenvalue weighted by Gasteiger charge is 2.13. The smallest absolute Gasteiger partial charge is 0.338 e. The molecule has 0 bridgehead atoms. The Labute approximate surface area is 181 Å². The molecule has 0 fully saturated rings. The van der Waals surface area contributed by atoms with Gasteiger partial charge in [0.25, 0.3) is 0 Å². The van der Waals surface area contributed by atoms with Gasteiger partial charge in [-0.2, -0.15) is 0 Å². The molecule has 5 nitrogen and oxygen atoms in total. The summed E-state index contributed by atoms with van der Waals surface area (Å²) in [4.78, 5) is 11.7. The summed E-state index contributed by atoms with van der Waals surface area (Å²) >= 11 is 6.46. The van der Waals surface area contributed by atoms with Crippen molar-refractivity contribution in [3.05, 3.63) is 88.4 Å². The molecule has 0 aliphatic heterocycles. The average molecular weight is 426 g/mol. The number of halogens is 1. The molecule has 0 saturated heterocycles. The van der Waals surface area contributed by atoms with E-state index in [2.05, 4.69) is 5.32 Å². The first kappa shape index (κ1) is 21.5. The summed E-state index contributed by atoms with van der Waals surface area (Å²) in [6, 6.07) is 20.8. The Morgan fingerprint density at radius 3 is 2.40 bits per heavy atom. The fraction of sp³-hybridized carbons (Fsp3) is 0.208. The number of hydrogen-bond acceptors (Lipinski definition) is 5. The number of methoxy groups -OCH3 is 1. The summed E-state index contributed by atoms with van der Waals surface area (Å²) in [6.45, 7) is 3.08. The van der Waals surface area contributed by atoms with Crippen LogP contribution in [0, 0.1) is 0 Å². The standard InChI is InChI=1S/C24H24ClNO4/c1-3-29-24(27)19-9-11-20(12-10-19)26-15-18-13-21(25)23(22(14-18)28-2)30-16-17-7-5-4-6-8-17/h4-14,26H,3,15-16H2,1-2H3. The lowest BCUT2D eigenvalue weighted by Crippen LogP contribution is -2.05. The van der Waals surface area contributed by atoms with Crippen LogP contribution in [0.25, 0.3) is 0 Å². The van der Waals surface area contributed by atoms with E-state index in [-0.39, 0.29) is 5.97 Å². The Hall–Kier alpha value is -3.18. The first-order valence-electron chi connectivity index (χ1n) is 9.65. The SMILES string of the molecule is CCOC(=O)c1ccc(NCc2cc(Cl)c(OCc3ccccc3)c(OC)c2)cc1. The number of carbonyl (C=O) groups excluding carboxylic acids is 1. The van der Waals surface area contributed by atoms with Gasteiger partial charge in [0.2, 0.25) is 0 Å². The normalized spacial score (nSPS) is 10.4. The highest BCUT2D eigenvalue weighted by atomic mass is 35.5. The summed E-state index contributed by atoms with van der Waals surface area (Å²) < 4.78 is 16.4. The molecule has 0 aromatic heterocycles. The summed E-state index contributed by atoms with van der Waals surface area (Å²) in [6.07, 6.45) is 0. The molecule has 3 rings (SSSR count). The maximum Gasteiger partial charge on any atom is 0.338 e. The van der Waals surface area contributed by atoms with Gasteiger partial charge in [0.1, 0.15) is 6.61 Å². The van der Waals surface area contributed by atoms with Crippen LogP contribution in [-0.4, -0.2) is 19.7 Å². The van der Waals surface area contributed by atoms with E-state index >= 15 is 0 Å². The third-order valence-corrected chi connectivity index (χ3v) is 4.69. The molecule has 0 radical (unpaired) electrons. The van der Waals surface area contributed by atoms with Gasteiger partial charge in [-0.05, 0) is 54.4 Å². The van der Waals surface area contributed by atoms with E-state index in [9.17, 15) is 4.79 Å². The third kappa shape index (κ3) is 5.67. The molecule has 0 aliphatic rings. The van der Waals surface area contributed by atoms with Crippen LogP contribution >= 0.6 is 11.6 Å². The number of rotatable bonds is 9.